The number of nitrogens with zero attached hydrogens (tertiary/aromatic N) is 4. The normalized spacial score (nSPS) is 12.2. The first-order valence-corrected chi connectivity index (χ1v) is 17.6. The quantitative estimate of drug-likeness (QED) is 0.197. The van der Waals surface area contributed by atoms with Crippen molar-refractivity contribution in [3.63, 3.8) is 0 Å². The zero-order chi connectivity index (χ0) is 33.9. The van der Waals surface area contributed by atoms with Gasteiger partial charge in [0.25, 0.3) is 0 Å². The standard InChI is InChI=1S/C46H28N6/c1-5-14-35-32(12-1)43-37(48-35)22-20-30-28-10-3-7-17-39(28)51(45(30)43)41-19-9-16-34(50-41)27-24-25-47-42(26-27)52-40-18-8-4-11-29(40)31-21-23-38-44(46(31)52)33-13-2-6-15-36(33)49-38/h1-26,48-49H. The molecule has 0 spiro atoms. The zero-order valence-corrected chi connectivity index (χ0v) is 27.8. The molecule has 12 aromatic rings. The summed E-state index contributed by atoms with van der Waals surface area (Å²) in [5, 5.41) is 9.64. The highest BCUT2D eigenvalue weighted by molar-refractivity contribution is 6.26. The summed E-state index contributed by atoms with van der Waals surface area (Å²) in [6.45, 7) is 0. The van der Waals surface area contributed by atoms with Gasteiger partial charge in [0.2, 0.25) is 0 Å². The summed E-state index contributed by atoms with van der Waals surface area (Å²) < 4.78 is 4.65. The molecule has 6 heteroatoms. The summed E-state index contributed by atoms with van der Waals surface area (Å²) in [5.74, 6) is 1.73. The molecule has 0 atom stereocenters. The molecule has 0 unspecified atom stereocenters. The number of pyridine rings is 2. The van der Waals surface area contributed by atoms with Crippen LogP contribution in [0.1, 0.15) is 0 Å². The molecule has 0 aliphatic rings. The van der Waals surface area contributed by atoms with E-state index in [-0.39, 0.29) is 0 Å². The van der Waals surface area contributed by atoms with Gasteiger partial charge in [-0.15, -0.1) is 0 Å². The van der Waals surface area contributed by atoms with Crippen LogP contribution >= 0.6 is 0 Å². The maximum absolute atomic E-state index is 5.40. The predicted octanol–water partition coefficient (Wildman–Crippen LogP) is 11.6. The molecule has 6 nitrogen and oxygen atoms in total. The van der Waals surface area contributed by atoms with Crippen LogP contribution in [0.3, 0.4) is 0 Å². The van der Waals surface area contributed by atoms with E-state index in [9.17, 15) is 0 Å². The van der Waals surface area contributed by atoms with Crippen LogP contribution in [0, 0.1) is 0 Å². The Bertz CT molecular complexity index is 3200. The fourth-order valence-electron chi connectivity index (χ4n) is 8.66. The zero-order valence-electron chi connectivity index (χ0n) is 27.8. The van der Waals surface area contributed by atoms with Crippen LogP contribution < -0.4 is 0 Å². The molecule has 0 radical (unpaired) electrons. The molecule has 12 rings (SSSR count). The second-order valence-electron chi connectivity index (χ2n) is 13.6. The molecule has 0 aliphatic carbocycles. The van der Waals surface area contributed by atoms with Crippen LogP contribution in [0.2, 0.25) is 0 Å². The van der Waals surface area contributed by atoms with Gasteiger partial charge in [0, 0.05) is 76.9 Å². The Labute approximate surface area is 296 Å². The van der Waals surface area contributed by atoms with E-state index in [1.165, 1.54) is 43.1 Å². The summed E-state index contributed by atoms with van der Waals surface area (Å²) in [4.78, 5) is 17.7. The fourth-order valence-corrected chi connectivity index (χ4v) is 8.66. The molecule has 242 valence electrons. The summed E-state index contributed by atoms with van der Waals surface area (Å²) >= 11 is 0. The topological polar surface area (TPSA) is 67.2 Å². The van der Waals surface area contributed by atoms with Crippen molar-refractivity contribution >= 4 is 87.2 Å². The molecular weight excluding hydrogens is 637 g/mol. The summed E-state index contributed by atoms with van der Waals surface area (Å²) in [7, 11) is 0. The van der Waals surface area contributed by atoms with Crippen LogP contribution in [0.25, 0.3) is 110 Å². The maximum atomic E-state index is 5.40. The molecular formula is C46H28N6. The molecule has 0 saturated heterocycles. The summed E-state index contributed by atoms with van der Waals surface area (Å²) in [6, 6.07) is 53.8. The lowest BCUT2D eigenvalue weighted by Crippen LogP contribution is -2.00. The first kappa shape index (κ1) is 27.6. The van der Waals surface area contributed by atoms with Crippen molar-refractivity contribution in [3.8, 4) is 22.9 Å². The lowest BCUT2D eigenvalue weighted by molar-refractivity contribution is 1.07. The summed E-state index contributed by atoms with van der Waals surface area (Å²) in [5.41, 5.74) is 10.9. The lowest BCUT2D eigenvalue weighted by atomic mass is 10.1. The van der Waals surface area contributed by atoms with E-state index in [2.05, 4.69) is 171 Å². The maximum Gasteiger partial charge on any atom is 0.138 e. The number of aromatic nitrogens is 6. The van der Waals surface area contributed by atoms with Crippen molar-refractivity contribution in [3.05, 3.63) is 158 Å². The number of benzene rings is 6. The van der Waals surface area contributed by atoms with Gasteiger partial charge in [0.15, 0.2) is 0 Å². The average Bonchev–Trinajstić information content (AvgIpc) is 3.95. The third-order valence-electron chi connectivity index (χ3n) is 10.8. The number of H-pyrrole nitrogens is 2. The van der Waals surface area contributed by atoms with E-state index in [0.717, 1.165) is 67.0 Å². The Morgan fingerprint density at radius 1 is 0.404 bits per heavy atom. The van der Waals surface area contributed by atoms with Crippen LogP contribution in [0.5, 0.6) is 0 Å². The van der Waals surface area contributed by atoms with Crippen molar-refractivity contribution in [2.45, 2.75) is 0 Å². The third kappa shape index (κ3) is 3.67. The largest absolute Gasteiger partial charge is 0.354 e. The third-order valence-corrected chi connectivity index (χ3v) is 10.8. The molecule has 0 fully saturated rings. The number of para-hydroxylation sites is 4. The first-order valence-electron chi connectivity index (χ1n) is 17.6. The Kier molecular flexibility index (Phi) is 5.41. The van der Waals surface area contributed by atoms with Gasteiger partial charge in [-0.25, -0.2) is 9.97 Å². The number of fused-ring (bicyclic) bond motifs is 14. The minimum Gasteiger partial charge on any atom is -0.354 e. The minimum atomic E-state index is 0.853. The molecule has 0 bridgehead atoms. The average molecular weight is 665 g/mol. The van der Waals surface area contributed by atoms with Gasteiger partial charge in [0.05, 0.1) is 27.8 Å². The number of aromatic amines is 2. The van der Waals surface area contributed by atoms with Gasteiger partial charge < -0.3 is 9.97 Å². The van der Waals surface area contributed by atoms with E-state index in [4.69, 9.17) is 9.97 Å². The SMILES string of the molecule is c1cc(-c2ccnc(-n3c4ccccc4c4ccc5[nH]c6ccccc6c5c43)c2)nc(-n2c3ccccc3c3ccc4[nH]c5ccccc5c4c32)c1. The second kappa shape index (κ2) is 10.2. The van der Waals surface area contributed by atoms with E-state index in [1.54, 1.807) is 0 Å². The highest BCUT2D eigenvalue weighted by Gasteiger charge is 2.21. The molecule has 52 heavy (non-hydrogen) atoms. The minimum absolute atomic E-state index is 0.853. The van der Waals surface area contributed by atoms with Gasteiger partial charge >= 0.3 is 0 Å². The predicted molar refractivity (Wildman–Crippen MR) is 215 cm³/mol. The van der Waals surface area contributed by atoms with Crippen molar-refractivity contribution in [2.75, 3.05) is 0 Å². The van der Waals surface area contributed by atoms with Crippen molar-refractivity contribution in [2.24, 2.45) is 0 Å². The van der Waals surface area contributed by atoms with E-state index < -0.39 is 0 Å². The van der Waals surface area contributed by atoms with Crippen LogP contribution in [-0.4, -0.2) is 29.1 Å². The number of nitrogens with one attached hydrogen (secondary N) is 2. The fraction of sp³-hybridized carbons (Fsp3) is 0. The number of hydrogen-bond acceptors (Lipinski definition) is 2. The van der Waals surface area contributed by atoms with E-state index >= 15 is 0 Å². The molecule has 0 saturated carbocycles. The van der Waals surface area contributed by atoms with Crippen molar-refractivity contribution in [1.82, 2.24) is 29.1 Å². The number of hydrogen-bond donors (Lipinski definition) is 2. The van der Waals surface area contributed by atoms with E-state index in [1.807, 2.05) is 6.20 Å². The number of rotatable bonds is 3. The second-order valence-corrected chi connectivity index (χ2v) is 13.6. The summed E-state index contributed by atoms with van der Waals surface area (Å²) in [6.07, 6.45) is 1.91. The molecule has 6 aromatic heterocycles. The molecule has 6 aromatic carbocycles. The van der Waals surface area contributed by atoms with Crippen molar-refractivity contribution < 1.29 is 0 Å². The lowest BCUT2D eigenvalue weighted by Gasteiger charge is -2.12. The Morgan fingerprint density at radius 2 is 0.942 bits per heavy atom. The molecule has 2 N–H and O–H groups in total. The molecule has 6 heterocycles. The van der Waals surface area contributed by atoms with Crippen molar-refractivity contribution in [1.29, 1.82) is 0 Å². The highest BCUT2D eigenvalue weighted by atomic mass is 15.1. The Hall–Kier alpha value is -7.18. The first-order chi connectivity index (χ1) is 25.8. The van der Waals surface area contributed by atoms with Crippen LogP contribution in [-0.2, 0) is 0 Å². The highest BCUT2D eigenvalue weighted by Crippen LogP contribution is 2.41. The van der Waals surface area contributed by atoms with E-state index in [0.29, 0.717) is 0 Å². The smallest absolute Gasteiger partial charge is 0.138 e. The van der Waals surface area contributed by atoms with Gasteiger partial charge in [-0.3, -0.25) is 9.13 Å². The molecule has 0 amide bonds. The monoisotopic (exact) mass is 664 g/mol. The Morgan fingerprint density at radius 3 is 1.56 bits per heavy atom. The van der Waals surface area contributed by atoms with Gasteiger partial charge in [0.1, 0.15) is 11.6 Å². The van der Waals surface area contributed by atoms with Crippen LogP contribution in [0.4, 0.5) is 0 Å². The van der Waals surface area contributed by atoms with Gasteiger partial charge in [-0.1, -0.05) is 91.0 Å². The van der Waals surface area contributed by atoms with Gasteiger partial charge in [-0.05, 0) is 60.7 Å². The molecule has 0 aliphatic heterocycles. The van der Waals surface area contributed by atoms with Gasteiger partial charge in [-0.2, -0.15) is 0 Å². The Balaban J connectivity index is 1.10. The van der Waals surface area contributed by atoms with Crippen LogP contribution in [0.15, 0.2) is 158 Å².